The Morgan fingerprint density at radius 2 is 2.14 bits per heavy atom. The maximum atomic E-state index is 6.33. The van der Waals surface area contributed by atoms with Crippen molar-refractivity contribution < 1.29 is 4.74 Å². The number of fused-ring (bicyclic) bond motifs is 1. The molecule has 1 aliphatic carbocycles. The topological polar surface area (TPSA) is 61.0 Å². The van der Waals surface area contributed by atoms with Crippen LogP contribution in [0.25, 0.3) is 10.2 Å². The molecule has 114 valence electrons. The molecule has 3 unspecified atom stereocenters. The van der Waals surface area contributed by atoms with Crippen molar-refractivity contribution in [2.45, 2.75) is 46.1 Å². The van der Waals surface area contributed by atoms with Crippen LogP contribution in [0.5, 0.6) is 5.88 Å². The lowest BCUT2D eigenvalue weighted by atomic mass is 9.75. The minimum Gasteiger partial charge on any atom is -0.473 e. The summed E-state index contributed by atoms with van der Waals surface area (Å²) in [6, 6.07) is 2.02. The molecule has 3 atom stereocenters. The molecular formula is C16H23N3OS. The zero-order chi connectivity index (χ0) is 15.0. The molecule has 1 fully saturated rings. The van der Waals surface area contributed by atoms with Crippen LogP contribution in [0, 0.1) is 17.8 Å². The predicted molar refractivity (Wildman–Crippen MR) is 87.6 cm³/mol. The van der Waals surface area contributed by atoms with E-state index in [0.717, 1.165) is 16.6 Å². The van der Waals surface area contributed by atoms with Crippen LogP contribution in [-0.2, 0) is 0 Å². The van der Waals surface area contributed by atoms with Crippen molar-refractivity contribution >= 4 is 27.5 Å². The second-order valence-electron chi connectivity index (χ2n) is 6.51. The summed E-state index contributed by atoms with van der Waals surface area (Å²) < 4.78 is 6.33. The molecule has 0 bridgehead atoms. The van der Waals surface area contributed by atoms with Gasteiger partial charge in [0.1, 0.15) is 10.9 Å². The molecule has 0 radical (unpaired) electrons. The molecular weight excluding hydrogens is 282 g/mol. The van der Waals surface area contributed by atoms with Crippen LogP contribution in [0.1, 0.15) is 40.0 Å². The van der Waals surface area contributed by atoms with Crippen molar-refractivity contribution in [2.75, 3.05) is 5.73 Å². The fraction of sp³-hybridized carbons (Fsp3) is 0.625. The third-order valence-corrected chi connectivity index (χ3v) is 5.34. The number of anilines is 1. The van der Waals surface area contributed by atoms with Crippen molar-refractivity contribution in [2.24, 2.45) is 17.8 Å². The number of nitrogens with two attached hydrogens (primary N) is 1. The first kappa shape index (κ1) is 14.6. The SMILES string of the molecule is CC1CCC(C(C)C)C(Oc2nc(N)nc3sccc23)C1. The zero-order valence-electron chi connectivity index (χ0n) is 12.9. The van der Waals surface area contributed by atoms with Gasteiger partial charge in [-0.25, -0.2) is 4.98 Å². The van der Waals surface area contributed by atoms with Gasteiger partial charge in [0.15, 0.2) is 0 Å². The monoisotopic (exact) mass is 305 g/mol. The number of rotatable bonds is 3. The molecule has 0 aliphatic heterocycles. The molecule has 0 amide bonds. The molecule has 0 aromatic carbocycles. The number of thiophene rings is 1. The van der Waals surface area contributed by atoms with E-state index in [1.165, 1.54) is 12.8 Å². The summed E-state index contributed by atoms with van der Waals surface area (Å²) in [5.41, 5.74) is 5.82. The molecule has 0 spiro atoms. The van der Waals surface area contributed by atoms with Gasteiger partial charge in [0, 0.05) is 0 Å². The molecule has 1 saturated carbocycles. The maximum Gasteiger partial charge on any atom is 0.227 e. The Hall–Kier alpha value is -1.36. The number of aromatic nitrogens is 2. The highest BCUT2D eigenvalue weighted by atomic mass is 32.1. The predicted octanol–water partition coefficient (Wildman–Crippen LogP) is 4.11. The van der Waals surface area contributed by atoms with E-state index in [1.807, 2.05) is 11.4 Å². The van der Waals surface area contributed by atoms with E-state index < -0.39 is 0 Å². The summed E-state index contributed by atoms with van der Waals surface area (Å²) in [6.07, 6.45) is 3.85. The van der Waals surface area contributed by atoms with Crippen molar-refractivity contribution in [3.63, 3.8) is 0 Å². The lowest BCUT2D eigenvalue weighted by molar-refractivity contribution is 0.0440. The number of ether oxygens (including phenoxy) is 1. The smallest absolute Gasteiger partial charge is 0.227 e. The van der Waals surface area contributed by atoms with Crippen LogP contribution in [0.2, 0.25) is 0 Å². The van der Waals surface area contributed by atoms with Crippen molar-refractivity contribution in [3.05, 3.63) is 11.4 Å². The molecule has 2 N–H and O–H groups in total. The van der Waals surface area contributed by atoms with E-state index in [4.69, 9.17) is 10.5 Å². The average molecular weight is 305 g/mol. The molecule has 2 heterocycles. The van der Waals surface area contributed by atoms with E-state index in [2.05, 4.69) is 30.7 Å². The molecule has 21 heavy (non-hydrogen) atoms. The average Bonchev–Trinajstić information content (AvgIpc) is 2.86. The molecule has 1 aliphatic rings. The number of hydrogen-bond donors (Lipinski definition) is 1. The summed E-state index contributed by atoms with van der Waals surface area (Å²) in [4.78, 5) is 9.51. The lowest BCUT2D eigenvalue weighted by Crippen LogP contribution is -2.36. The second-order valence-corrected chi connectivity index (χ2v) is 7.40. The Labute approximate surface area is 129 Å². The molecule has 4 nitrogen and oxygen atoms in total. The molecule has 3 rings (SSSR count). The quantitative estimate of drug-likeness (QED) is 0.927. The first-order valence-corrected chi connectivity index (χ1v) is 8.60. The van der Waals surface area contributed by atoms with Crippen LogP contribution >= 0.6 is 11.3 Å². The van der Waals surface area contributed by atoms with Gasteiger partial charge < -0.3 is 10.5 Å². The summed E-state index contributed by atoms with van der Waals surface area (Å²) in [5.74, 6) is 2.88. The molecule has 2 aromatic rings. The molecule has 5 heteroatoms. The largest absolute Gasteiger partial charge is 0.473 e. The Kier molecular flexibility index (Phi) is 4.02. The lowest BCUT2D eigenvalue weighted by Gasteiger charge is -2.37. The van der Waals surface area contributed by atoms with E-state index in [1.54, 1.807) is 11.3 Å². The van der Waals surface area contributed by atoms with Gasteiger partial charge in [-0.15, -0.1) is 11.3 Å². The van der Waals surface area contributed by atoms with Gasteiger partial charge in [-0.3, -0.25) is 0 Å². The number of nitrogens with zero attached hydrogens (tertiary/aromatic N) is 2. The van der Waals surface area contributed by atoms with Crippen LogP contribution in [0.4, 0.5) is 5.95 Å². The van der Waals surface area contributed by atoms with Gasteiger partial charge in [0.25, 0.3) is 0 Å². The van der Waals surface area contributed by atoms with Gasteiger partial charge in [0.2, 0.25) is 11.8 Å². The minimum atomic E-state index is 0.228. The van der Waals surface area contributed by atoms with Crippen molar-refractivity contribution in [1.29, 1.82) is 0 Å². The number of hydrogen-bond acceptors (Lipinski definition) is 5. The van der Waals surface area contributed by atoms with Gasteiger partial charge in [-0.1, -0.05) is 27.2 Å². The van der Waals surface area contributed by atoms with E-state index in [9.17, 15) is 0 Å². The Bertz CT molecular complexity index is 625. The van der Waals surface area contributed by atoms with Crippen molar-refractivity contribution in [1.82, 2.24) is 9.97 Å². The van der Waals surface area contributed by atoms with Crippen LogP contribution in [0.15, 0.2) is 11.4 Å². The fourth-order valence-corrected chi connectivity index (χ4v) is 4.09. The Balaban J connectivity index is 1.90. The Morgan fingerprint density at radius 1 is 1.33 bits per heavy atom. The fourth-order valence-electron chi connectivity index (χ4n) is 3.33. The van der Waals surface area contributed by atoms with E-state index in [0.29, 0.717) is 29.6 Å². The highest BCUT2D eigenvalue weighted by Gasteiger charge is 2.33. The second kappa shape index (κ2) is 5.79. The summed E-state index contributed by atoms with van der Waals surface area (Å²) in [5, 5.41) is 2.99. The third-order valence-electron chi connectivity index (χ3n) is 4.53. The summed E-state index contributed by atoms with van der Waals surface area (Å²) in [7, 11) is 0. The highest BCUT2D eigenvalue weighted by Crippen LogP contribution is 2.37. The molecule has 0 saturated heterocycles. The Morgan fingerprint density at radius 3 is 2.90 bits per heavy atom. The van der Waals surface area contributed by atoms with Gasteiger partial charge in [-0.2, -0.15) is 4.98 Å². The minimum absolute atomic E-state index is 0.228. The third kappa shape index (κ3) is 2.98. The van der Waals surface area contributed by atoms with Gasteiger partial charge in [0.05, 0.1) is 5.39 Å². The zero-order valence-corrected chi connectivity index (χ0v) is 13.7. The van der Waals surface area contributed by atoms with Crippen LogP contribution in [0.3, 0.4) is 0 Å². The maximum absolute atomic E-state index is 6.33. The number of nitrogen functional groups attached to an aromatic ring is 1. The summed E-state index contributed by atoms with van der Waals surface area (Å²) >= 11 is 1.57. The van der Waals surface area contributed by atoms with Crippen LogP contribution in [-0.4, -0.2) is 16.1 Å². The first-order chi connectivity index (χ1) is 10.0. The molecule has 2 aromatic heterocycles. The van der Waals surface area contributed by atoms with E-state index >= 15 is 0 Å². The highest BCUT2D eigenvalue weighted by molar-refractivity contribution is 7.16. The normalized spacial score (nSPS) is 26.4. The van der Waals surface area contributed by atoms with Crippen LogP contribution < -0.4 is 10.5 Å². The van der Waals surface area contributed by atoms with E-state index in [-0.39, 0.29) is 6.10 Å². The van der Waals surface area contributed by atoms with Gasteiger partial charge >= 0.3 is 0 Å². The summed E-state index contributed by atoms with van der Waals surface area (Å²) in [6.45, 7) is 6.87. The first-order valence-electron chi connectivity index (χ1n) is 7.72. The standard InChI is InChI=1S/C16H23N3OS/c1-9(2)11-5-4-10(3)8-13(11)20-14-12-6-7-21-15(12)19-16(17)18-14/h6-7,9-11,13H,4-5,8H2,1-3H3,(H2,17,18,19). The van der Waals surface area contributed by atoms with Crippen molar-refractivity contribution in [3.8, 4) is 5.88 Å². The van der Waals surface area contributed by atoms with Gasteiger partial charge in [-0.05, 0) is 42.0 Å².